The zero-order valence-electron chi connectivity index (χ0n) is 15.0. The van der Waals surface area contributed by atoms with Gasteiger partial charge in [-0.25, -0.2) is 0 Å². The molecule has 142 valence electrons. The van der Waals surface area contributed by atoms with E-state index in [-0.39, 0.29) is 36.9 Å². The van der Waals surface area contributed by atoms with Crippen LogP contribution >= 0.6 is 12.4 Å². The highest BCUT2D eigenvalue weighted by molar-refractivity contribution is 5.85. The van der Waals surface area contributed by atoms with Crippen LogP contribution in [-0.2, 0) is 16.1 Å². The Bertz CT molecular complexity index is 553. The van der Waals surface area contributed by atoms with E-state index in [9.17, 15) is 9.59 Å². The first-order valence-electron chi connectivity index (χ1n) is 8.05. The third-order valence-corrected chi connectivity index (χ3v) is 3.28. The molecule has 1 aromatic rings. The topological polar surface area (TPSA) is 103 Å². The van der Waals surface area contributed by atoms with Gasteiger partial charge in [0.1, 0.15) is 0 Å². The van der Waals surface area contributed by atoms with Gasteiger partial charge in [0.2, 0.25) is 5.91 Å². The Balaban J connectivity index is 0.00000576. The van der Waals surface area contributed by atoms with E-state index in [2.05, 4.69) is 10.6 Å². The average Bonchev–Trinajstić information content (AvgIpc) is 2.56. The van der Waals surface area contributed by atoms with Gasteiger partial charge in [-0.3, -0.25) is 9.59 Å². The number of carbonyl (C=O) groups is 2. The number of carbonyl (C=O) groups excluding carboxylic acids is 2. The van der Waals surface area contributed by atoms with E-state index in [0.717, 1.165) is 5.56 Å². The fraction of sp³-hybridized carbons (Fsp3) is 0.529. The van der Waals surface area contributed by atoms with Gasteiger partial charge in [0.25, 0.3) is 5.91 Å². The van der Waals surface area contributed by atoms with Crippen LogP contribution in [0.1, 0.15) is 32.3 Å². The largest absolute Gasteiger partial charge is 0.493 e. The van der Waals surface area contributed by atoms with Crippen molar-refractivity contribution in [3.8, 4) is 11.5 Å². The summed E-state index contributed by atoms with van der Waals surface area (Å²) in [6, 6.07) is 5.33. The fourth-order valence-corrected chi connectivity index (χ4v) is 1.98. The Morgan fingerprint density at radius 1 is 1.20 bits per heavy atom. The number of methoxy groups -OCH3 is 1. The lowest BCUT2D eigenvalue weighted by atomic mass is 10.1. The number of amides is 2. The first kappa shape index (κ1) is 23.0. The fourth-order valence-electron chi connectivity index (χ4n) is 1.98. The van der Waals surface area contributed by atoms with E-state index in [1.807, 2.05) is 19.9 Å². The Morgan fingerprint density at radius 3 is 2.52 bits per heavy atom. The second kappa shape index (κ2) is 12.4. The van der Waals surface area contributed by atoms with Crippen LogP contribution in [0.3, 0.4) is 0 Å². The molecule has 0 aliphatic heterocycles. The highest BCUT2D eigenvalue weighted by atomic mass is 35.5. The van der Waals surface area contributed by atoms with E-state index in [4.69, 9.17) is 15.2 Å². The van der Waals surface area contributed by atoms with Gasteiger partial charge >= 0.3 is 0 Å². The Hall–Kier alpha value is -1.99. The van der Waals surface area contributed by atoms with E-state index in [1.54, 1.807) is 12.1 Å². The SMILES string of the molecule is CCNC(=O)COc1ccc(CNC(=O)CCC(C)N)cc1OC.Cl. The van der Waals surface area contributed by atoms with Crippen molar-refractivity contribution in [2.75, 3.05) is 20.3 Å². The summed E-state index contributed by atoms with van der Waals surface area (Å²) in [5.74, 6) is 0.769. The van der Waals surface area contributed by atoms with Crippen molar-refractivity contribution in [1.82, 2.24) is 10.6 Å². The van der Waals surface area contributed by atoms with Crippen LogP contribution in [-0.4, -0.2) is 38.1 Å². The molecule has 1 unspecified atom stereocenters. The smallest absolute Gasteiger partial charge is 0.257 e. The lowest BCUT2D eigenvalue weighted by molar-refractivity contribution is -0.123. The van der Waals surface area contributed by atoms with Crippen molar-refractivity contribution >= 4 is 24.2 Å². The number of halogens is 1. The highest BCUT2D eigenvalue weighted by Crippen LogP contribution is 2.28. The molecule has 0 fully saturated rings. The zero-order valence-corrected chi connectivity index (χ0v) is 15.8. The molecule has 0 saturated heterocycles. The summed E-state index contributed by atoms with van der Waals surface area (Å²) in [5.41, 5.74) is 6.51. The van der Waals surface area contributed by atoms with Crippen molar-refractivity contribution in [2.24, 2.45) is 5.73 Å². The van der Waals surface area contributed by atoms with Gasteiger partial charge in [-0.15, -0.1) is 12.4 Å². The first-order valence-corrected chi connectivity index (χ1v) is 8.05. The third-order valence-electron chi connectivity index (χ3n) is 3.28. The Labute approximate surface area is 155 Å². The third kappa shape index (κ3) is 9.16. The maximum absolute atomic E-state index is 11.7. The number of hydrogen-bond acceptors (Lipinski definition) is 5. The molecule has 4 N–H and O–H groups in total. The molecular weight excluding hydrogens is 346 g/mol. The van der Waals surface area contributed by atoms with Crippen LogP contribution in [0.2, 0.25) is 0 Å². The second-order valence-electron chi connectivity index (χ2n) is 5.52. The number of ether oxygens (including phenoxy) is 2. The predicted octanol–water partition coefficient (Wildman–Crippen LogP) is 1.38. The van der Waals surface area contributed by atoms with Crippen LogP contribution in [0.5, 0.6) is 11.5 Å². The van der Waals surface area contributed by atoms with Gasteiger partial charge in [-0.2, -0.15) is 0 Å². The minimum Gasteiger partial charge on any atom is -0.493 e. The summed E-state index contributed by atoms with van der Waals surface area (Å²) >= 11 is 0. The molecule has 1 aromatic carbocycles. The summed E-state index contributed by atoms with van der Waals surface area (Å²) < 4.78 is 10.7. The van der Waals surface area contributed by atoms with E-state index >= 15 is 0 Å². The molecule has 0 radical (unpaired) electrons. The van der Waals surface area contributed by atoms with Crippen LogP contribution in [0.4, 0.5) is 0 Å². The molecule has 2 amide bonds. The number of benzene rings is 1. The molecule has 0 aliphatic carbocycles. The van der Waals surface area contributed by atoms with Crippen LogP contribution in [0.15, 0.2) is 18.2 Å². The Morgan fingerprint density at radius 2 is 1.92 bits per heavy atom. The number of rotatable bonds is 10. The maximum atomic E-state index is 11.7. The molecule has 8 heteroatoms. The summed E-state index contributed by atoms with van der Waals surface area (Å²) in [7, 11) is 1.53. The normalized spacial score (nSPS) is 11.0. The number of likely N-dealkylation sites (N-methyl/N-ethyl adjacent to an activating group) is 1. The number of nitrogens with two attached hydrogens (primary N) is 1. The molecule has 25 heavy (non-hydrogen) atoms. The highest BCUT2D eigenvalue weighted by Gasteiger charge is 2.09. The molecular formula is C17H28ClN3O4. The van der Waals surface area contributed by atoms with Gasteiger partial charge in [0, 0.05) is 25.6 Å². The van der Waals surface area contributed by atoms with Gasteiger partial charge in [-0.05, 0) is 38.0 Å². The van der Waals surface area contributed by atoms with E-state index in [1.165, 1.54) is 7.11 Å². The summed E-state index contributed by atoms with van der Waals surface area (Å²) in [6.07, 6.45) is 1.06. The van der Waals surface area contributed by atoms with Crippen molar-refractivity contribution in [3.05, 3.63) is 23.8 Å². The van der Waals surface area contributed by atoms with Crippen LogP contribution in [0.25, 0.3) is 0 Å². The molecule has 0 spiro atoms. The molecule has 7 nitrogen and oxygen atoms in total. The van der Waals surface area contributed by atoms with Gasteiger partial charge in [-0.1, -0.05) is 6.07 Å². The van der Waals surface area contributed by atoms with Crippen LogP contribution in [0, 0.1) is 0 Å². The molecule has 0 bridgehead atoms. The van der Waals surface area contributed by atoms with Crippen LogP contribution < -0.4 is 25.8 Å². The number of hydrogen-bond donors (Lipinski definition) is 3. The van der Waals surface area contributed by atoms with Gasteiger partial charge in [0.15, 0.2) is 18.1 Å². The minimum absolute atomic E-state index is 0. The van der Waals surface area contributed by atoms with Crippen molar-refractivity contribution < 1.29 is 19.1 Å². The van der Waals surface area contributed by atoms with E-state index < -0.39 is 0 Å². The first-order chi connectivity index (χ1) is 11.5. The average molecular weight is 374 g/mol. The lowest BCUT2D eigenvalue weighted by Gasteiger charge is -2.12. The molecule has 0 saturated carbocycles. The van der Waals surface area contributed by atoms with Gasteiger partial charge < -0.3 is 25.8 Å². The van der Waals surface area contributed by atoms with Crippen molar-refractivity contribution in [3.63, 3.8) is 0 Å². The molecule has 0 aromatic heterocycles. The summed E-state index contributed by atoms with van der Waals surface area (Å²) in [6.45, 7) is 4.59. The standard InChI is InChI=1S/C17H27N3O4.ClH/c1-4-19-17(22)11-24-14-7-6-13(9-15(14)23-3)10-20-16(21)8-5-12(2)18;/h6-7,9,12H,4-5,8,10-11,18H2,1-3H3,(H,19,22)(H,20,21);1H. The second-order valence-corrected chi connectivity index (χ2v) is 5.52. The van der Waals surface area contributed by atoms with Gasteiger partial charge in [0.05, 0.1) is 7.11 Å². The predicted molar refractivity (Wildman–Crippen MR) is 99.2 cm³/mol. The molecule has 0 heterocycles. The lowest BCUT2D eigenvalue weighted by Crippen LogP contribution is -2.28. The summed E-state index contributed by atoms with van der Waals surface area (Å²) in [4.78, 5) is 23.2. The Kier molecular flexibility index (Phi) is 11.4. The molecule has 1 rings (SSSR count). The van der Waals surface area contributed by atoms with Crippen molar-refractivity contribution in [1.29, 1.82) is 0 Å². The quantitative estimate of drug-likeness (QED) is 0.575. The maximum Gasteiger partial charge on any atom is 0.257 e. The molecule has 0 aliphatic rings. The monoisotopic (exact) mass is 373 g/mol. The zero-order chi connectivity index (χ0) is 17.9. The van der Waals surface area contributed by atoms with Crippen molar-refractivity contribution in [2.45, 2.75) is 39.3 Å². The summed E-state index contributed by atoms with van der Waals surface area (Å²) in [5, 5.41) is 5.49. The van der Waals surface area contributed by atoms with E-state index in [0.29, 0.717) is 37.4 Å². The minimum atomic E-state index is -0.190. The molecule has 1 atom stereocenters. The number of nitrogens with one attached hydrogen (secondary N) is 2.